The summed E-state index contributed by atoms with van der Waals surface area (Å²) >= 11 is 0. The molecular weight excluding hydrogens is 96.1 g/mol. The highest BCUT2D eigenvalue weighted by molar-refractivity contribution is 4.41. The number of hydrogen-bond donors (Lipinski definition) is 0. The van der Waals surface area contributed by atoms with E-state index in [-0.39, 0.29) is 14.9 Å². The smallest absolute Gasteiger partial charge is 0.0448 e. The Hall–Kier alpha value is 0. The highest BCUT2D eigenvalue weighted by atomic mass is 13.9. The van der Waals surface area contributed by atoms with Crippen molar-refractivity contribution in [3.05, 3.63) is 0 Å². The van der Waals surface area contributed by atoms with Crippen molar-refractivity contribution in [2.45, 2.75) is 48.5 Å². The van der Waals surface area contributed by atoms with E-state index in [4.69, 9.17) is 0 Å². The average Bonchev–Trinajstić information content (AvgIpc) is 1.65. The van der Waals surface area contributed by atoms with Crippen LogP contribution < -0.4 is 0 Å². The molecular formula is C8H22. The summed E-state index contributed by atoms with van der Waals surface area (Å²) in [6, 6.07) is 0. The lowest BCUT2D eigenvalue weighted by atomic mass is 10.1. The second-order valence-corrected chi connectivity index (χ2v) is 1.92. The fourth-order valence-corrected chi connectivity index (χ4v) is 0.289. The van der Waals surface area contributed by atoms with Crippen molar-refractivity contribution in [2.24, 2.45) is 5.92 Å². The van der Waals surface area contributed by atoms with Crippen LogP contribution in [-0.4, -0.2) is 0 Å². The van der Waals surface area contributed by atoms with Crippen LogP contribution >= 0.6 is 0 Å². The van der Waals surface area contributed by atoms with E-state index in [9.17, 15) is 0 Å². The van der Waals surface area contributed by atoms with E-state index in [2.05, 4.69) is 20.8 Å². The van der Waals surface area contributed by atoms with Crippen LogP contribution in [0, 0.1) is 5.92 Å². The van der Waals surface area contributed by atoms with E-state index in [0.29, 0.717) is 0 Å². The predicted octanol–water partition coefficient (Wildman–Crippen LogP) is 3.71. The molecule has 0 amide bonds. The lowest BCUT2D eigenvalue weighted by molar-refractivity contribution is 0.544. The van der Waals surface area contributed by atoms with Gasteiger partial charge in [-0.15, -0.1) is 0 Å². The van der Waals surface area contributed by atoms with Gasteiger partial charge in [-0.2, -0.15) is 0 Å². The van der Waals surface area contributed by atoms with Gasteiger partial charge < -0.3 is 0 Å². The molecule has 0 fully saturated rings. The molecule has 0 heteroatoms. The van der Waals surface area contributed by atoms with Gasteiger partial charge in [-0.3, -0.25) is 0 Å². The predicted molar refractivity (Wildman–Crippen MR) is 43.2 cm³/mol. The Balaban J connectivity index is -0.000000125. The van der Waals surface area contributed by atoms with Crippen molar-refractivity contribution in [1.29, 1.82) is 0 Å². The van der Waals surface area contributed by atoms with E-state index in [1.165, 1.54) is 12.8 Å². The van der Waals surface area contributed by atoms with Gasteiger partial charge in [0.25, 0.3) is 0 Å². The van der Waals surface area contributed by atoms with Crippen molar-refractivity contribution >= 4 is 0 Å². The minimum atomic E-state index is 0. The molecule has 0 unspecified atom stereocenters. The maximum atomic E-state index is 2.28. The molecule has 0 aliphatic rings. The van der Waals surface area contributed by atoms with E-state index in [1.807, 2.05) is 0 Å². The summed E-state index contributed by atoms with van der Waals surface area (Å²) in [5.74, 6) is 0.935. The van der Waals surface area contributed by atoms with Crippen molar-refractivity contribution < 1.29 is 0 Å². The zero-order valence-electron chi connectivity index (χ0n) is 4.99. The molecule has 0 aromatic heterocycles. The second kappa shape index (κ2) is 10.1. The number of rotatable bonds is 2. The average molecular weight is 118 g/mol. The van der Waals surface area contributed by atoms with Crippen molar-refractivity contribution in [2.75, 3.05) is 0 Å². The van der Waals surface area contributed by atoms with Crippen LogP contribution in [0.25, 0.3) is 0 Å². The van der Waals surface area contributed by atoms with E-state index >= 15 is 0 Å². The molecule has 0 aromatic carbocycles. The normalized spacial score (nSPS) is 7.50. The molecule has 0 aromatic rings. The SMILES string of the molecule is C.C.CCC(C)CC. The summed E-state index contributed by atoms with van der Waals surface area (Å²) in [4.78, 5) is 0. The van der Waals surface area contributed by atoms with Gasteiger partial charge in [0, 0.05) is 0 Å². The first-order valence-electron chi connectivity index (χ1n) is 2.81. The van der Waals surface area contributed by atoms with Crippen LogP contribution in [0.2, 0.25) is 0 Å². The third-order valence-electron chi connectivity index (χ3n) is 1.39. The van der Waals surface area contributed by atoms with Gasteiger partial charge in [0.1, 0.15) is 0 Å². The largest absolute Gasteiger partial charge is 0.0776 e. The molecule has 54 valence electrons. The van der Waals surface area contributed by atoms with Gasteiger partial charge in [0.05, 0.1) is 0 Å². The third-order valence-corrected chi connectivity index (χ3v) is 1.39. The molecule has 8 heavy (non-hydrogen) atoms. The Morgan fingerprint density at radius 1 is 1.00 bits per heavy atom. The van der Waals surface area contributed by atoms with Gasteiger partial charge in [-0.05, 0) is 5.92 Å². The molecule has 0 rings (SSSR count). The Bertz CT molecular complexity index is 19.2. The third kappa shape index (κ3) is 9.38. The molecule has 0 saturated carbocycles. The minimum Gasteiger partial charge on any atom is -0.0776 e. The first kappa shape index (κ1) is 15.7. The Kier molecular flexibility index (Phi) is 19.8. The van der Waals surface area contributed by atoms with Crippen molar-refractivity contribution in [3.8, 4) is 0 Å². The van der Waals surface area contributed by atoms with Crippen LogP contribution in [0.4, 0.5) is 0 Å². The highest BCUT2D eigenvalue weighted by Gasteiger charge is 1.88. The molecule has 0 N–H and O–H groups in total. The van der Waals surface area contributed by atoms with E-state index in [1.54, 1.807) is 0 Å². The second-order valence-electron chi connectivity index (χ2n) is 1.92. The number of hydrogen-bond acceptors (Lipinski definition) is 0. The van der Waals surface area contributed by atoms with Crippen LogP contribution in [0.5, 0.6) is 0 Å². The quantitative estimate of drug-likeness (QED) is 0.518. The molecule has 0 aliphatic carbocycles. The Morgan fingerprint density at radius 3 is 1.25 bits per heavy atom. The molecule has 0 heterocycles. The topological polar surface area (TPSA) is 0 Å². The Labute approximate surface area is 55.3 Å². The van der Waals surface area contributed by atoms with Crippen LogP contribution in [-0.2, 0) is 0 Å². The summed E-state index contributed by atoms with van der Waals surface area (Å²) < 4.78 is 0. The van der Waals surface area contributed by atoms with Crippen LogP contribution in [0.15, 0.2) is 0 Å². The zero-order valence-corrected chi connectivity index (χ0v) is 4.99. The van der Waals surface area contributed by atoms with Gasteiger partial charge in [-0.25, -0.2) is 0 Å². The van der Waals surface area contributed by atoms with Crippen molar-refractivity contribution in [1.82, 2.24) is 0 Å². The highest BCUT2D eigenvalue weighted by Crippen LogP contribution is 2.02. The molecule has 0 spiro atoms. The summed E-state index contributed by atoms with van der Waals surface area (Å²) in [6.07, 6.45) is 2.66. The van der Waals surface area contributed by atoms with Gasteiger partial charge in [-0.1, -0.05) is 48.5 Å². The maximum Gasteiger partial charge on any atom is -0.0448 e. The van der Waals surface area contributed by atoms with Gasteiger partial charge in [0.2, 0.25) is 0 Å². The summed E-state index contributed by atoms with van der Waals surface area (Å²) in [6.45, 7) is 6.74. The summed E-state index contributed by atoms with van der Waals surface area (Å²) in [7, 11) is 0. The van der Waals surface area contributed by atoms with E-state index in [0.717, 1.165) is 5.92 Å². The zero-order chi connectivity index (χ0) is 4.99. The van der Waals surface area contributed by atoms with E-state index < -0.39 is 0 Å². The molecule has 0 atom stereocenters. The first-order chi connectivity index (χ1) is 2.81. The fraction of sp³-hybridized carbons (Fsp3) is 1.00. The molecule has 0 bridgehead atoms. The van der Waals surface area contributed by atoms with Crippen LogP contribution in [0.3, 0.4) is 0 Å². The lowest BCUT2D eigenvalue weighted by Crippen LogP contribution is -1.85. The van der Waals surface area contributed by atoms with Crippen molar-refractivity contribution in [3.63, 3.8) is 0 Å². The standard InChI is InChI=1S/C6H14.2CH4/c1-4-6(3)5-2;;/h6H,4-5H2,1-3H3;2*1H4. The lowest BCUT2D eigenvalue weighted by Gasteiger charge is -1.98. The summed E-state index contributed by atoms with van der Waals surface area (Å²) in [5, 5.41) is 0. The molecule has 0 nitrogen and oxygen atoms in total. The van der Waals surface area contributed by atoms with Gasteiger partial charge >= 0.3 is 0 Å². The minimum absolute atomic E-state index is 0. The molecule has 0 aliphatic heterocycles. The molecule has 0 saturated heterocycles. The Morgan fingerprint density at radius 2 is 1.25 bits per heavy atom. The van der Waals surface area contributed by atoms with Gasteiger partial charge in [0.15, 0.2) is 0 Å². The molecule has 0 radical (unpaired) electrons. The fourth-order valence-electron chi connectivity index (χ4n) is 0.289. The first-order valence-corrected chi connectivity index (χ1v) is 2.81. The monoisotopic (exact) mass is 118 g/mol. The van der Waals surface area contributed by atoms with Crippen LogP contribution in [0.1, 0.15) is 48.5 Å². The maximum absolute atomic E-state index is 2.28. The summed E-state index contributed by atoms with van der Waals surface area (Å²) in [5.41, 5.74) is 0.